The zero-order valence-electron chi connectivity index (χ0n) is 20.9. The predicted octanol–water partition coefficient (Wildman–Crippen LogP) is 5.53. The third kappa shape index (κ3) is 4.71. The lowest BCUT2D eigenvalue weighted by molar-refractivity contribution is 0.0688. The second-order valence-corrected chi connectivity index (χ2v) is 10.5. The molecule has 2 atom stereocenters. The van der Waals surface area contributed by atoms with Crippen LogP contribution in [0.25, 0.3) is 17.1 Å². The zero-order valence-corrected chi connectivity index (χ0v) is 21.6. The Balaban J connectivity index is 1.50. The highest BCUT2D eigenvalue weighted by Gasteiger charge is 2.40. The molecule has 1 unspecified atom stereocenters. The fraction of sp³-hybridized carbons (Fsp3) is 0.310. The molecule has 1 N–H and O–H groups in total. The Kier molecular flexibility index (Phi) is 6.27. The molecule has 1 fully saturated rings. The highest BCUT2D eigenvalue weighted by molar-refractivity contribution is 6.31. The number of rotatable bonds is 6. The Hall–Kier alpha value is -3.35. The highest BCUT2D eigenvalue weighted by atomic mass is 35.5. The van der Waals surface area contributed by atoms with Crippen molar-refractivity contribution in [3.8, 4) is 17.1 Å². The first-order valence-electron chi connectivity index (χ1n) is 12.1. The molecule has 0 spiro atoms. The van der Waals surface area contributed by atoms with Crippen molar-refractivity contribution < 1.29 is 5.11 Å². The summed E-state index contributed by atoms with van der Waals surface area (Å²) in [5.74, 6) is 1.10. The van der Waals surface area contributed by atoms with Crippen molar-refractivity contribution in [3.63, 3.8) is 0 Å². The number of aromatic nitrogens is 4. The van der Waals surface area contributed by atoms with E-state index in [0.29, 0.717) is 34.7 Å². The Bertz CT molecular complexity index is 1490. The minimum Gasteiger partial charge on any atom is -0.382 e. The van der Waals surface area contributed by atoms with E-state index in [0.717, 1.165) is 29.7 Å². The van der Waals surface area contributed by atoms with E-state index in [4.69, 9.17) is 11.6 Å². The van der Waals surface area contributed by atoms with Gasteiger partial charge in [-0.15, -0.1) is 0 Å². The average Bonchev–Trinajstić information content (AvgIpc) is 3.61. The first-order valence-corrected chi connectivity index (χ1v) is 12.5. The Labute approximate surface area is 215 Å². The standard InChI is InChI=1S/C29H29ClN4O2/c1-17-16-32-24(23-10-11-31-28(33-23)29(3,4)36)15-25(17)34-18(2)12-22(26(30)27(34)35)21-14-20(21)13-19-8-6-5-7-9-19/h5-12,15-16,20-21,36H,13-14H2,1-4H3/t20?,21-/m1/s1. The second-order valence-electron chi connectivity index (χ2n) is 10.2. The number of aliphatic hydroxyl groups is 1. The lowest BCUT2D eigenvalue weighted by Gasteiger charge is -2.17. The van der Waals surface area contributed by atoms with Gasteiger partial charge in [-0.25, -0.2) is 9.97 Å². The van der Waals surface area contributed by atoms with Crippen molar-refractivity contribution >= 4 is 11.6 Å². The van der Waals surface area contributed by atoms with Crippen molar-refractivity contribution in [2.45, 2.75) is 52.1 Å². The van der Waals surface area contributed by atoms with Gasteiger partial charge in [0.15, 0.2) is 5.82 Å². The lowest BCUT2D eigenvalue weighted by Crippen LogP contribution is -2.23. The van der Waals surface area contributed by atoms with Gasteiger partial charge in [-0.3, -0.25) is 14.3 Å². The minimum atomic E-state index is -1.18. The quantitative estimate of drug-likeness (QED) is 0.376. The topological polar surface area (TPSA) is 80.9 Å². The van der Waals surface area contributed by atoms with Crippen LogP contribution in [0.3, 0.4) is 0 Å². The summed E-state index contributed by atoms with van der Waals surface area (Å²) >= 11 is 6.71. The Morgan fingerprint density at radius 1 is 1.08 bits per heavy atom. The van der Waals surface area contributed by atoms with Crippen molar-refractivity contribution in [3.05, 3.63) is 105 Å². The third-order valence-electron chi connectivity index (χ3n) is 6.81. The number of hydrogen-bond donors (Lipinski definition) is 1. The summed E-state index contributed by atoms with van der Waals surface area (Å²) in [6.07, 6.45) is 5.35. The maximum absolute atomic E-state index is 13.5. The molecule has 1 aliphatic carbocycles. The van der Waals surface area contributed by atoms with Crippen LogP contribution >= 0.6 is 11.6 Å². The van der Waals surface area contributed by atoms with E-state index in [-0.39, 0.29) is 10.6 Å². The van der Waals surface area contributed by atoms with Crippen LogP contribution < -0.4 is 5.56 Å². The molecule has 0 radical (unpaired) electrons. The van der Waals surface area contributed by atoms with E-state index < -0.39 is 5.60 Å². The van der Waals surface area contributed by atoms with Crippen LogP contribution in [0.4, 0.5) is 0 Å². The van der Waals surface area contributed by atoms with E-state index in [1.165, 1.54) is 5.56 Å². The number of hydrogen-bond acceptors (Lipinski definition) is 5. The smallest absolute Gasteiger partial charge is 0.274 e. The molecular formula is C29H29ClN4O2. The van der Waals surface area contributed by atoms with Crippen LogP contribution in [-0.2, 0) is 12.0 Å². The van der Waals surface area contributed by atoms with Crippen molar-refractivity contribution in [2.24, 2.45) is 5.92 Å². The van der Waals surface area contributed by atoms with Crippen molar-refractivity contribution in [2.75, 3.05) is 0 Å². The van der Waals surface area contributed by atoms with Gasteiger partial charge in [-0.2, -0.15) is 0 Å². The van der Waals surface area contributed by atoms with E-state index in [1.54, 1.807) is 36.9 Å². The van der Waals surface area contributed by atoms with Gasteiger partial charge in [0.2, 0.25) is 0 Å². The number of halogens is 1. The van der Waals surface area contributed by atoms with Crippen LogP contribution in [0.15, 0.2) is 65.7 Å². The Morgan fingerprint density at radius 3 is 2.56 bits per heavy atom. The SMILES string of the molecule is Cc1cnc(-c2ccnc(C(C)(C)O)n2)cc1-n1c(C)cc([C@@H]2CC2Cc2ccccc2)c(Cl)c1=O. The van der Waals surface area contributed by atoms with Crippen LogP contribution in [0.1, 0.15) is 54.4 Å². The zero-order chi connectivity index (χ0) is 25.6. The maximum atomic E-state index is 13.5. The van der Waals surface area contributed by atoms with Crippen molar-refractivity contribution in [1.82, 2.24) is 19.5 Å². The number of nitrogens with zero attached hydrogens (tertiary/aromatic N) is 4. The second kappa shape index (κ2) is 9.26. The summed E-state index contributed by atoms with van der Waals surface area (Å²) in [6, 6.07) is 16.1. The summed E-state index contributed by atoms with van der Waals surface area (Å²) in [4.78, 5) is 26.7. The number of pyridine rings is 2. The van der Waals surface area contributed by atoms with E-state index in [1.807, 2.05) is 26.0 Å². The fourth-order valence-corrected chi connectivity index (χ4v) is 5.04. The summed E-state index contributed by atoms with van der Waals surface area (Å²) in [7, 11) is 0. The molecule has 184 valence electrons. The van der Waals surface area contributed by atoms with Gasteiger partial charge in [-0.05, 0) is 87.3 Å². The molecule has 1 aliphatic rings. The highest BCUT2D eigenvalue weighted by Crippen LogP contribution is 2.51. The predicted molar refractivity (Wildman–Crippen MR) is 142 cm³/mol. The summed E-state index contributed by atoms with van der Waals surface area (Å²) in [5.41, 5.74) is 4.37. The molecule has 0 bridgehead atoms. The average molecular weight is 501 g/mol. The van der Waals surface area contributed by atoms with Crippen molar-refractivity contribution in [1.29, 1.82) is 0 Å². The van der Waals surface area contributed by atoms with E-state index >= 15 is 0 Å². The van der Waals surface area contributed by atoms with Gasteiger partial charge in [0.05, 0.1) is 17.1 Å². The normalized spacial score (nSPS) is 17.3. The summed E-state index contributed by atoms with van der Waals surface area (Å²) < 4.78 is 1.65. The van der Waals surface area contributed by atoms with Gasteiger partial charge in [0.25, 0.3) is 5.56 Å². The third-order valence-corrected chi connectivity index (χ3v) is 7.18. The van der Waals surface area contributed by atoms with Crippen LogP contribution in [0, 0.1) is 19.8 Å². The fourth-order valence-electron chi connectivity index (χ4n) is 4.77. The van der Waals surface area contributed by atoms with Gasteiger partial charge < -0.3 is 5.11 Å². The molecule has 5 rings (SSSR count). The first kappa shape index (κ1) is 24.3. The van der Waals surface area contributed by atoms with Gasteiger partial charge in [-0.1, -0.05) is 41.9 Å². The molecule has 0 amide bonds. The van der Waals surface area contributed by atoms with Crippen LogP contribution in [0.5, 0.6) is 0 Å². The minimum absolute atomic E-state index is 0.225. The number of aryl methyl sites for hydroxylation is 2. The van der Waals surface area contributed by atoms with Crippen LogP contribution in [0.2, 0.25) is 5.02 Å². The molecule has 0 aliphatic heterocycles. The molecule has 3 heterocycles. The molecule has 1 saturated carbocycles. The lowest BCUT2D eigenvalue weighted by atomic mass is 10.0. The summed E-state index contributed by atoms with van der Waals surface area (Å²) in [5, 5.41) is 10.6. The van der Waals surface area contributed by atoms with Gasteiger partial charge >= 0.3 is 0 Å². The molecule has 0 saturated heterocycles. The molecular weight excluding hydrogens is 472 g/mol. The summed E-state index contributed by atoms with van der Waals surface area (Å²) in [6.45, 7) is 7.12. The molecule has 3 aromatic heterocycles. The molecule has 7 heteroatoms. The van der Waals surface area contributed by atoms with E-state index in [9.17, 15) is 9.90 Å². The largest absolute Gasteiger partial charge is 0.382 e. The van der Waals surface area contributed by atoms with Crippen LogP contribution in [-0.4, -0.2) is 24.6 Å². The Morgan fingerprint density at radius 2 is 1.83 bits per heavy atom. The first-order chi connectivity index (χ1) is 17.1. The molecule has 1 aromatic carbocycles. The monoisotopic (exact) mass is 500 g/mol. The van der Waals surface area contributed by atoms with Gasteiger partial charge in [0, 0.05) is 18.1 Å². The molecule has 4 aromatic rings. The molecule has 6 nitrogen and oxygen atoms in total. The van der Waals surface area contributed by atoms with E-state index in [2.05, 4.69) is 45.3 Å². The maximum Gasteiger partial charge on any atom is 0.274 e. The van der Waals surface area contributed by atoms with Gasteiger partial charge in [0.1, 0.15) is 10.6 Å². The number of benzene rings is 1. The molecule has 36 heavy (non-hydrogen) atoms.